The maximum atomic E-state index is 7.33. The highest BCUT2D eigenvalue weighted by Gasteiger charge is 2.44. The highest BCUT2D eigenvalue weighted by atomic mass is 16.5. The van der Waals surface area contributed by atoms with Gasteiger partial charge in [0.15, 0.2) is 5.88 Å². The summed E-state index contributed by atoms with van der Waals surface area (Å²) in [6, 6.07) is 88.6. The number of hydrogen-bond donors (Lipinski definition) is 0. The van der Waals surface area contributed by atoms with Crippen molar-refractivity contribution in [2.75, 3.05) is 14.7 Å². The molecular formula is C62H43BN6O. The van der Waals surface area contributed by atoms with Gasteiger partial charge in [0.05, 0.1) is 33.8 Å². The van der Waals surface area contributed by atoms with Crippen LogP contribution in [0.4, 0.5) is 51.3 Å². The van der Waals surface area contributed by atoms with Crippen LogP contribution in [0.5, 0.6) is 11.6 Å². The summed E-state index contributed by atoms with van der Waals surface area (Å²) < 4.78 is 14.5. The second kappa shape index (κ2) is 16.1. The molecule has 7 nitrogen and oxygen atoms in total. The van der Waals surface area contributed by atoms with E-state index in [1.54, 1.807) is 0 Å². The Morgan fingerprint density at radius 2 is 0.829 bits per heavy atom. The zero-order valence-electron chi connectivity index (χ0n) is 38.0. The van der Waals surface area contributed by atoms with Gasteiger partial charge in [0, 0.05) is 75.3 Å². The molecule has 330 valence electrons. The molecule has 0 spiro atoms. The maximum Gasteiger partial charge on any atom is 0.429 e. The number of para-hydroxylation sites is 6. The lowest BCUT2D eigenvalue weighted by atomic mass is 9.63. The van der Waals surface area contributed by atoms with E-state index in [2.05, 4.69) is 289 Å². The SMILES string of the molecule is c1ccc(-c2ccc(N3c4cc(-n5c6ccccc6c6ccccc65)cc5c4B(n4cc(N(c6ccccc6)c6ccccc6)cc4O5)n4cc(N(c5ccccc5)c5ccccc5)cc43)cc2)cc1. The topological polar surface area (TPSA) is 33.7 Å². The quantitative estimate of drug-likeness (QED) is 0.135. The molecule has 0 aliphatic carbocycles. The molecule has 3 aromatic heterocycles. The summed E-state index contributed by atoms with van der Waals surface area (Å²) in [4.78, 5) is 7.09. The van der Waals surface area contributed by atoms with Crippen molar-refractivity contribution in [3.05, 3.63) is 261 Å². The van der Waals surface area contributed by atoms with Crippen molar-refractivity contribution in [2.24, 2.45) is 0 Å². The van der Waals surface area contributed by atoms with Gasteiger partial charge in [-0.15, -0.1) is 0 Å². The Labute approximate surface area is 406 Å². The number of rotatable bonds is 9. The van der Waals surface area contributed by atoms with Crippen molar-refractivity contribution in [1.29, 1.82) is 0 Å². The van der Waals surface area contributed by atoms with Crippen molar-refractivity contribution in [1.82, 2.24) is 13.5 Å². The average Bonchev–Trinajstić information content (AvgIpc) is 4.14. The molecule has 0 bridgehead atoms. The van der Waals surface area contributed by atoms with Crippen molar-refractivity contribution < 1.29 is 4.74 Å². The van der Waals surface area contributed by atoms with E-state index in [4.69, 9.17) is 4.74 Å². The molecule has 2 aliphatic heterocycles. The largest absolute Gasteiger partial charge is 0.442 e. The van der Waals surface area contributed by atoms with Gasteiger partial charge >= 0.3 is 6.98 Å². The van der Waals surface area contributed by atoms with Gasteiger partial charge in [0.1, 0.15) is 11.6 Å². The average molecular weight is 899 g/mol. The molecule has 0 saturated heterocycles. The summed E-state index contributed by atoms with van der Waals surface area (Å²) in [7, 11) is 0. The molecule has 2 aliphatic rings. The first-order valence-electron chi connectivity index (χ1n) is 23.8. The number of fused-ring (bicyclic) bond motifs is 7. The van der Waals surface area contributed by atoms with Crippen LogP contribution in [0.25, 0.3) is 38.6 Å². The molecule has 0 unspecified atom stereocenters. The summed E-state index contributed by atoms with van der Waals surface area (Å²) >= 11 is 0. The fraction of sp³-hybridized carbons (Fsp3) is 0. The van der Waals surface area contributed by atoms with Crippen LogP contribution in [0.2, 0.25) is 0 Å². The van der Waals surface area contributed by atoms with Crippen molar-refractivity contribution in [3.8, 4) is 28.4 Å². The molecule has 9 aromatic carbocycles. The number of hydrogen-bond acceptors (Lipinski definition) is 4. The Morgan fingerprint density at radius 1 is 0.371 bits per heavy atom. The van der Waals surface area contributed by atoms with Crippen LogP contribution in [-0.4, -0.2) is 20.5 Å². The van der Waals surface area contributed by atoms with E-state index in [1.807, 2.05) is 0 Å². The minimum atomic E-state index is -0.319. The van der Waals surface area contributed by atoms with Crippen molar-refractivity contribution >= 4 is 85.6 Å². The van der Waals surface area contributed by atoms with Gasteiger partial charge in [0.25, 0.3) is 0 Å². The number of ether oxygens (including phenoxy) is 1. The van der Waals surface area contributed by atoms with Gasteiger partial charge in [-0.05, 0) is 90.0 Å². The Hall–Kier alpha value is -9.40. The maximum absolute atomic E-state index is 7.33. The predicted octanol–water partition coefficient (Wildman–Crippen LogP) is 15.7. The summed E-state index contributed by atoms with van der Waals surface area (Å²) in [5.74, 6) is 2.57. The van der Waals surface area contributed by atoms with Gasteiger partial charge in [0.2, 0.25) is 0 Å². The summed E-state index contributed by atoms with van der Waals surface area (Å²) in [6.45, 7) is -0.319. The standard InChI is InChI=1S/C62H43BN6O/c1-6-20-44(21-7-1)45-34-36-50(37-35-45)69-58-38-51(68-56-32-18-16-30-54(56)55-31-17-19-33-57(55)68)39-59-62(58)63(64-42-52(40-60(64)69)66(46-22-8-2-9-23-46)47-24-10-3-11-25-47)65-43-53(41-61(65)70-59)67(48-26-12-4-13-27-48)49-28-14-5-15-29-49/h1-43H. The first-order chi connectivity index (χ1) is 34.7. The van der Waals surface area contributed by atoms with Crippen LogP contribution < -0.4 is 24.9 Å². The first-order valence-corrected chi connectivity index (χ1v) is 23.8. The summed E-state index contributed by atoms with van der Waals surface area (Å²) in [6.07, 6.45) is 4.58. The van der Waals surface area contributed by atoms with E-state index in [-0.39, 0.29) is 6.98 Å². The molecule has 0 saturated carbocycles. The fourth-order valence-electron chi connectivity index (χ4n) is 10.8. The fourth-order valence-corrected chi connectivity index (χ4v) is 10.8. The molecule has 0 N–H and O–H groups in total. The summed E-state index contributed by atoms with van der Waals surface area (Å²) in [5.41, 5.74) is 15.0. The highest BCUT2D eigenvalue weighted by Crippen LogP contribution is 2.49. The van der Waals surface area contributed by atoms with Gasteiger partial charge < -0.3 is 28.1 Å². The second-order valence-electron chi connectivity index (χ2n) is 17.9. The lowest BCUT2D eigenvalue weighted by Gasteiger charge is -2.39. The Bertz CT molecular complexity index is 3740. The smallest absolute Gasteiger partial charge is 0.429 e. The molecule has 14 rings (SSSR count). The Balaban J connectivity index is 1.05. The predicted molar refractivity (Wildman–Crippen MR) is 289 cm³/mol. The van der Waals surface area contributed by atoms with E-state index in [1.165, 1.54) is 16.3 Å². The number of aromatic nitrogens is 3. The Morgan fingerprint density at radius 3 is 1.37 bits per heavy atom. The number of anilines is 9. The van der Waals surface area contributed by atoms with Gasteiger partial charge in [-0.3, -0.25) is 4.90 Å². The van der Waals surface area contributed by atoms with Crippen molar-refractivity contribution in [3.63, 3.8) is 0 Å². The molecule has 0 radical (unpaired) electrons. The van der Waals surface area contributed by atoms with Crippen LogP contribution in [0.15, 0.2) is 261 Å². The second-order valence-corrected chi connectivity index (χ2v) is 17.9. The zero-order chi connectivity index (χ0) is 46.1. The highest BCUT2D eigenvalue weighted by molar-refractivity contribution is 6.75. The summed E-state index contributed by atoms with van der Waals surface area (Å²) in [5, 5.41) is 2.41. The number of nitrogens with zero attached hydrogens (tertiary/aromatic N) is 6. The third kappa shape index (κ3) is 6.38. The minimum absolute atomic E-state index is 0.319. The normalized spacial score (nSPS) is 12.3. The monoisotopic (exact) mass is 898 g/mol. The molecular weight excluding hydrogens is 856 g/mol. The minimum Gasteiger partial charge on any atom is -0.442 e. The van der Waals surface area contributed by atoms with Crippen LogP contribution >= 0.6 is 0 Å². The molecule has 0 fully saturated rings. The first kappa shape index (κ1) is 39.7. The van der Waals surface area contributed by atoms with Crippen molar-refractivity contribution in [2.45, 2.75) is 0 Å². The third-order valence-corrected chi connectivity index (χ3v) is 13.8. The van der Waals surface area contributed by atoms with E-state index in [0.29, 0.717) is 0 Å². The molecule has 8 heteroatoms. The molecule has 12 aromatic rings. The van der Waals surface area contributed by atoms with Crippen LogP contribution in [0, 0.1) is 0 Å². The molecule has 70 heavy (non-hydrogen) atoms. The third-order valence-electron chi connectivity index (χ3n) is 13.8. The Kier molecular flexibility index (Phi) is 9.17. The molecule has 0 amide bonds. The van der Waals surface area contributed by atoms with Gasteiger partial charge in [-0.25, -0.2) is 0 Å². The van der Waals surface area contributed by atoms with E-state index in [9.17, 15) is 0 Å². The van der Waals surface area contributed by atoms with Crippen LogP contribution in [0.3, 0.4) is 0 Å². The van der Waals surface area contributed by atoms with Crippen LogP contribution in [0.1, 0.15) is 0 Å². The van der Waals surface area contributed by atoms with Gasteiger partial charge in [-0.2, -0.15) is 0 Å². The zero-order valence-corrected chi connectivity index (χ0v) is 38.0. The van der Waals surface area contributed by atoms with Gasteiger partial charge in [-0.1, -0.05) is 152 Å². The lowest BCUT2D eigenvalue weighted by Crippen LogP contribution is -2.52. The lowest BCUT2D eigenvalue weighted by molar-refractivity contribution is 0.453. The van der Waals surface area contributed by atoms with E-state index in [0.717, 1.165) is 90.7 Å². The van der Waals surface area contributed by atoms with E-state index < -0.39 is 0 Å². The molecule has 5 heterocycles. The number of benzene rings is 9. The molecule has 0 atom stereocenters. The van der Waals surface area contributed by atoms with E-state index >= 15 is 0 Å². The van der Waals surface area contributed by atoms with Crippen LogP contribution in [-0.2, 0) is 0 Å².